The number of amidine groups is 1. The molecule has 26 heavy (non-hydrogen) atoms. The van der Waals surface area contributed by atoms with Gasteiger partial charge < -0.3 is 11.1 Å². The third kappa shape index (κ3) is 4.52. The number of hydrogen-bond acceptors (Lipinski definition) is 4. The second-order valence-corrected chi connectivity index (χ2v) is 7.40. The van der Waals surface area contributed by atoms with E-state index in [1.807, 2.05) is 31.2 Å². The molecule has 1 aliphatic rings. The number of benzene rings is 2. The van der Waals surface area contributed by atoms with Crippen molar-refractivity contribution in [3.8, 4) is 0 Å². The van der Waals surface area contributed by atoms with Crippen molar-refractivity contribution in [1.29, 1.82) is 0 Å². The summed E-state index contributed by atoms with van der Waals surface area (Å²) >= 11 is 1.56. The number of aliphatic imine (C=N–C) groups is 1. The summed E-state index contributed by atoms with van der Waals surface area (Å²) in [6.45, 7) is 2.05. The largest absolute Gasteiger partial charge is 0.379 e. The summed E-state index contributed by atoms with van der Waals surface area (Å²) in [6.07, 6.45) is 3.85. The van der Waals surface area contributed by atoms with Gasteiger partial charge in [-0.05, 0) is 54.8 Å². The minimum absolute atomic E-state index is 0.279. The number of nitrogens with one attached hydrogen (secondary N) is 1. The molecule has 1 amide bonds. The molecule has 4 nitrogen and oxygen atoms in total. The average molecular weight is 369 g/mol. The van der Waals surface area contributed by atoms with E-state index in [0.717, 1.165) is 17.7 Å². The first kappa shape index (κ1) is 18.2. The Morgan fingerprint density at radius 3 is 2.88 bits per heavy atom. The number of amides is 1. The van der Waals surface area contributed by atoms with Crippen LogP contribution in [0.5, 0.6) is 0 Å². The lowest BCUT2D eigenvalue weighted by Gasteiger charge is -2.30. The van der Waals surface area contributed by atoms with E-state index < -0.39 is 0 Å². The van der Waals surface area contributed by atoms with Gasteiger partial charge in [0.25, 0.3) is 0 Å². The number of thioether (sulfide) groups is 1. The molecule has 0 radical (unpaired) electrons. The van der Waals surface area contributed by atoms with Gasteiger partial charge in [-0.3, -0.25) is 9.79 Å². The molecule has 3 N–H and O–H groups in total. The monoisotopic (exact) mass is 369 g/mol. The van der Waals surface area contributed by atoms with E-state index >= 15 is 0 Å². The van der Waals surface area contributed by atoms with E-state index in [-0.39, 0.29) is 17.3 Å². The molecular weight excluding hydrogens is 349 g/mol. The maximum Gasteiger partial charge on any atom is 0.248 e. The van der Waals surface area contributed by atoms with Gasteiger partial charge >= 0.3 is 0 Å². The van der Waals surface area contributed by atoms with Crippen molar-refractivity contribution in [3.05, 3.63) is 71.6 Å². The van der Waals surface area contributed by atoms with Crippen molar-refractivity contribution in [2.24, 2.45) is 10.7 Å². The van der Waals surface area contributed by atoms with Gasteiger partial charge in [-0.2, -0.15) is 0 Å². The number of halogens is 1. The predicted octanol–water partition coefficient (Wildman–Crippen LogP) is 4.14. The number of hydrogen-bond donors (Lipinski definition) is 2. The molecule has 6 heteroatoms. The molecule has 3 rings (SSSR count). The lowest BCUT2D eigenvalue weighted by Crippen LogP contribution is -2.28. The number of carbonyl (C=O) groups excluding carboxylic acids is 1. The van der Waals surface area contributed by atoms with Crippen LogP contribution in [0.15, 0.2) is 59.6 Å². The first-order valence-corrected chi connectivity index (χ1v) is 9.26. The minimum Gasteiger partial charge on any atom is -0.379 e. The van der Waals surface area contributed by atoms with Crippen LogP contribution in [-0.4, -0.2) is 16.8 Å². The zero-order chi connectivity index (χ0) is 18.6. The summed E-state index contributed by atoms with van der Waals surface area (Å²) in [5, 5.41) is 3.42. The van der Waals surface area contributed by atoms with Gasteiger partial charge in [0.05, 0.1) is 5.54 Å². The Hall–Kier alpha value is -2.60. The van der Waals surface area contributed by atoms with Crippen molar-refractivity contribution in [3.63, 3.8) is 0 Å². The number of nitrogens with two attached hydrogens (primary N) is 1. The molecule has 0 bridgehead atoms. The molecule has 1 atom stereocenters. The third-order valence-electron chi connectivity index (χ3n) is 4.22. The average Bonchev–Trinajstić information content (AvgIpc) is 2.60. The summed E-state index contributed by atoms with van der Waals surface area (Å²) in [4.78, 5) is 16.7. The lowest BCUT2D eigenvalue weighted by atomic mass is 9.89. The lowest BCUT2D eigenvalue weighted by molar-refractivity contribution is -0.111. The highest BCUT2D eigenvalue weighted by atomic mass is 32.2. The minimum atomic E-state index is -0.381. The molecule has 1 aliphatic heterocycles. The SMILES string of the molecule is CC1(c2cccc(NC(=O)/C=C/c3cccc(F)c3)c2)CCSC(N)=N1. The second kappa shape index (κ2) is 7.74. The van der Waals surface area contributed by atoms with Gasteiger partial charge in [-0.1, -0.05) is 36.0 Å². The summed E-state index contributed by atoms with van der Waals surface area (Å²) in [6, 6.07) is 13.7. The Bertz CT molecular complexity index is 881. The van der Waals surface area contributed by atoms with E-state index in [1.165, 1.54) is 18.2 Å². The molecule has 0 aliphatic carbocycles. The van der Waals surface area contributed by atoms with Crippen molar-refractivity contribution in [2.45, 2.75) is 18.9 Å². The maximum atomic E-state index is 13.2. The Morgan fingerprint density at radius 1 is 1.31 bits per heavy atom. The van der Waals surface area contributed by atoms with E-state index in [4.69, 9.17) is 5.73 Å². The molecule has 2 aromatic carbocycles. The van der Waals surface area contributed by atoms with E-state index in [2.05, 4.69) is 10.3 Å². The zero-order valence-corrected chi connectivity index (χ0v) is 15.2. The summed E-state index contributed by atoms with van der Waals surface area (Å²) in [7, 11) is 0. The van der Waals surface area contributed by atoms with Crippen LogP contribution in [0.4, 0.5) is 10.1 Å². The molecule has 1 unspecified atom stereocenters. The molecule has 0 saturated heterocycles. The van der Waals surface area contributed by atoms with Crippen LogP contribution in [0, 0.1) is 5.82 Å². The highest BCUT2D eigenvalue weighted by molar-refractivity contribution is 8.13. The molecule has 134 valence electrons. The Labute approximate surface area is 156 Å². The van der Waals surface area contributed by atoms with Gasteiger partial charge in [0.1, 0.15) is 5.82 Å². The van der Waals surface area contributed by atoms with Crippen LogP contribution in [0.3, 0.4) is 0 Å². The number of nitrogens with zero attached hydrogens (tertiary/aromatic N) is 1. The van der Waals surface area contributed by atoms with Crippen LogP contribution in [-0.2, 0) is 10.3 Å². The maximum absolute atomic E-state index is 13.2. The molecule has 1 heterocycles. The summed E-state index contributed by atoms with van der Waals surface area (Å²) < 4.78 is 13.2. The van der Waals surface area contributed by atoms with E-state index in [0.29, 0.717) is 16.4 Å². The number of rotatable bonds is 4. The summed E-state index contributed by atoms with van der Waals surface area (Å²) in [5.74, 6) is 0.302. The highest BCUT2D eigenvalue weighted by Gasteiger charge is 2.29. The Morgan fingerprint density at radius 2 is 2.12 bits per heavy atom. The van der Waals surface area contributed by atoms with Gasteiger partial charge in [-0.25, -0.2) is 4.39 Å². The quantitative estimate of drug-likeness (QED) is 0.796. The fourth-order valence-electron chi connectivity index (χ4n) is 2.79. The fraction of sp³-hybridized carbons (Fsp3) is 0.200. The second-order valence-electron chi connectivity index (χ2n) is 6.28. The van der Waals surface area contributed by atoms with Crippen LogP contribution >= 0.6 is 11.8 Å². The molecule has 0 spiro atoms. The Kier molecular flexibility index (Phi) is 5.42. The molecular formula is C20H20FN3OS. The normalized spacial score (nSPS) is 20.0. The predicted molar refractivity (Wildman–Crippen MR) is 107 cm³/mol. The van der Waals surface area contributed by atoms with Crippen LogP contribution in [0.25, 0.3) is 6.08 Å². The molecule has 0 saturated carbocycles. The molecule has 2 aromatic rings. The number of anilines is 1. The highest BCUT2D eigenvalue weighted by Crippen LogP contribution is 2.35. The Balaban J connectivity index is 1.72. The topological polar surface area (TPSA) is 67.5 Å². The first-order valence-electron chi connectivity index (χ1n) is 8.28. The zero-order valence-electron chi connectivity index (χ0n) is 14.4. The van der Waals surface area contributed by atoms with Crippen molar-refractivity contribution >= 4 is 34.6 Å². The van der Waals surface area contributed by atoms with Crippen LogP contribution < -0.4 is 11.1 Å². The fourth-order valence-corrected chi connectivity index (χ4v) is 3.77. The van der Waals surface area contributed by atoms with Crippen molar-refractivity contribution in [1.82, 2.24) is 0 Å². The molecule has 0 aromatic heterocycles. The van der Waals surface area contributed by atoms with Crippen molar-refractivity contribution in [2.75, 3.05) is 11.1 Å². The smallest absolute Gasteiger partial charge is 0.248 e. The summed E-state index contributed by atoms with van der Waals surface area (Å²) in [5.41, 5.74) is 7.82. The van der Waals surface area contributed by atoms with E-state index in [1.54, 1.807) is 30.0 Å². The van der Waals surface area contributed by atoms with Gasteiger partial charge in [0, 0.05) is 17.5 Å². The van der Waals surface area contributed by atoms with Crippen molar-refractivity contribution < 1.29 is 9.18 Å². The van der Waals surface area contributed by atoms with Crippen LogP contribution in [0.1, 0.15) is 24.5 Å². The van der Waals surface area contributed by atoms with Gasteiger partial charge in [-0.15, -0.1) is 0 Å². The third-order valence-corrected chi connectivity index (χ3v) is 5.02. The first-order chi connectivity index (χ1) is 12.4. The number of carbonyl (C=O) groups is 1. The standard InChI is InChI=1S/C20H20FN3OS/c1-20(10-11-26-19(22)24-20)15-5-3-7-17(13-15)23-18(25)9-8-14-4-2-6-16(21)12-14/h2-9,12-13H,10-11H2,1H3,(H2,22,24)(H,23,25)/b9-8+. The van der Waals surface area contributed by atoms with E-state index in [9.17, 15) is 9.18 Å². The molecule has 0 fully saturated rings. The van der Waals surface area contributed by atoms with Gasteiger partial charge in [0.15, 0.2) is 5.17 Å². The van der Waals surface area contributed by atoms with Gasteiger partial charge in [0.2, 0.25) is 5.91 Å². The van der Waals surface area contributed by atoms with Crippen LogP contribution in [0.2, 0.25) is 0 Å².